The average Bonchev–Trinajstić information content (AvgIpc) is 2.59. The van der Waals surface area contributed by atoms with Gasteiger partial charge in [0.2, 0.25) is 0 Å². The van der Waals surface area contributed by atoms with Crippen LogP contribution >= 0.6 is 11.6 Å². The highest BCUT2D eigenvalue weighted by Gasteiger charge is 2.25. The van der Waals surface area contributed by atoms with E-state index in [2.05, 4.69) is 0 Å². The highest BCUT2D eigenvalue weighted by atomic mass is 35.5. The second kappa shape index (κ2) is 7.36. The highest BCUT2D eigenvalue weighted by molar-refractivity contribution is 6.30. The van der Waals surface area contributed by atoms with Crippen molar-refractivity contribution >= 4 is 29.2 Å². The fourth-order valence-corrected chi connectivity index (χ4v) is 2.68. The number of fused-ring (bicyclic) bond motifs is 1. The molecule has 0 saturated carbocycles. The normalized spacial score (nSPS) is 13.2. The Morgan fingerprint density at radius 2 is 2.04 bits per heavy atom. The molecule has 3 rings (SSSR count). The number of anilines is 1. The molecule has 1 amide bonds. The van der Waals surface area contributed by atoms with E-state index >= 15 is 0 Å². The summed E-state index contributed by atoms with van der Waals surface area (Å²) in [4.78, 5) is 25.5. The van der Waals surface area contributed by atoms with E-state index in [4.69, 9.17) is 21.1 Å². The molecule has 0 aromatic heterocycles. The fourth-order valence-electron chi connectivity index (χ4n) is 2.46. The summed E-state index contributed by atoms with van der Waals surface area (Å²) in [6, 6.07) is 14.4. The molecule has 0 aliphatic carbocycles. The van der Waals surface area contributed by atoms with Crippen LogP contribution in [0.15, 0.2) is 48.5 Å². The lowest BCUT2D eigenvalue weighted by molar-refractivity contribution is -0.144. The number of rotatable bonds is 5. The molecule has 5 nitrogen and oxygen atoms in total. The van der Waals surface area contributed by atoms with Gasteiger partial charge in [0.15, 0.2) is 6.61 Å². The first-order chi connectivity index (χ1) is 11.6. The zero-order valence-corrected chi connectivity index (χ0v) is 13.7. The Balaban J connectivity index is 1.55. The maximum atomic E-state index is 12.0. The van der Waals surface area contributed by atoms with Gasteiger partial charge in [0, 0.05) is 11.6 Å². The molecular weight excluding hydrogens is 330 g/mol. The number of benzene rings is 2. The van der Waals surface area contributed by atoms with Crippen LogP contribution in [0.5, 0.6) is 5.75 Å². The third-order valence-electron chi connectivity index (χ3n) is 3.64. The van der Waals surface area contributed by atoms with E-state index in [0.29, 0.717) is 16.5 Å². The van der Waals surface area contributed by atoms with E-state index < -0.39 is 0 Å². The lowest BCUT2D eigenvalue weighted by atomic mass is 10.2. The zero-order chi connectivity index (χ0) is 16.9. The molecule has 1 heterocycles. The first-order valence-corrected chi connectivity index (χ1v) is 7.93. The highest BCUT2D eigenvalue weighted by Crippen LogP contribution is 2.31. The van der Waals surface area contributed by atoms with Crippen molar-refractivity contribution in [1.29, 1.82) is 0 Å². The van der Waals surface area contributed by atoms with Gasteiger partial charge in [0.05, 0.1) is 12.1 Å². The summed E-state index contributed by atoms with van der Waals surface area (Å²) in [6.45, 7) is 0.398. The Bertz CT molecular complexity index is 762. The number of carbonyl (C=O) groups is 2. The Morgan fingerprint density at radius 3 is 2.88 bits per heavy atom. The molecule has 124 valence electrons. The fraction of sp³-hybridized carbons (Fsp3) is 0.222. The Labute approximate surface area is 144 Å². The van der Waals surface area contributed by atoms with Crippen LogP contribution in [-0.2, 0) is 20.9 Å². The van der Waals surface area contributed by atoms with Crippen LogP contribution in [0.25, 0.3) is 0 Å². The van der Waals surface area contributed by atoms with Crippen molar-refractivity contribution in [2.45, 2.75) is 13.0 Å². The second-order valence-electron chi connectivity index (χ2n) is 5.34. The monoisotopic (exact) mass is 345 g/mol. The van der Waals surface area contributed by atoms with Crippen molar-refractivity contribution in [2.75, 3.05) is 18.1 Å². The van der Waals surface area contributed by atoms with Gasteiger partial charge in [-0.15, -0.1) is 0 Å². The summed E-state index contributed by atoms with van der Waals surface area (Å²) in [5.74, 6) is 0.104. The summed E-state index contributed by atoms with van der Waals surface area (Å²) in [6.07, 6.45) is 0.112. The van der Waals surface area contributed by atoms with Crippen molar-refractivity contribution in [1.82, 2.24) is 0 Å². The van der Waals surface area contributed by atoms with E-state index in [1.807, 2.05) is 18.2 Å². The zero-order valence-electron chi connectivity index (χ0n) is 12.9. The van der Waals surface area contributed by atoms with Crippen LogP contribution in [-0.4, -0.2) is 25.0 Å². The van der Waals surface area contributed by atoms with Crippen molar-refractivity contribution in [3.8, 4) is 5.75 Å². The van der Waals surface area contributed by atoms with Gasteiger partial charge in [0.25, 0.3) is 5.91 Å². The van der Waals surface area contributed by atoms with Crippen LogP contribution in [0.2, 0.25) is 5.02 Å². The number of carbonyl (C=O) groups excluding carboxylic acids is 2. The lowest BCUT2D eigenvalue weighted by Gasteiger charge is -2.28. The van der Waals surface area contributed by atoms with Crippen LogP contribution in [0.4, 0.5) is 5.69 Å². The summed E-state index contributed by atoms with van der Waals surface area (Å²) in [7, 11) is 0. The molecule has 0 bridgehead atoms. The SMILES string of the molecule is O=C(CCN1C(=O)COc2ccccc21)OCc1cccc(Cl)c1. The number of ether oxygens (including phenoxy) is 2. The first kappa shape index (κ1) is 16.3. The van der Waals surface area contributed by atoms with Gasteiger partial charge in [-0.2, -0.15) is 0 Å². The molecule has 24 heavy (non-hydrogen) atoms. The number of para-hydroxylation sites is 2. The van der Waals surface area contributed by atoms with Gasteiger partial charge >= 0.3 is 5.97 Å². The molecule has 0 atom stereocenters. The molecule has 0 unspecified atom stereocenters. The molecule has 2 aromatic carbocycles. The van der Waals surface area contributed by atoms with Gasteiger partial charge in [-0.3, -0.25) is 9.59 Å². The number of amides is 1. The third kappa shape index (κ3) is 3.86. The lowest BCUT2D eigenvalue weighted by Crippen LogP contribution is -2.40. The molecule has 0 saturated heterocycles. The van der Waals surface area contributed by atoms with E-state index in [1.54, 1.807) is 35.2 Å². The molecule has 2 aromatic rings. The Kier molecular flexibility index (Phi) is 5.01. The maximum absolute atomic E-state index is 12.0. The molecule has 1 aliphatic rings. The molecule has 0 fully saturated rings. The number of hydrogen-bond acceptors (Lipinski definition) is 4. The molecular formula is C18H16ClNO4. The third-order valence-corrected chi connectivity index (χ3v) is 3.87. The minimum Gasteiger partial charge on any atom is -0.482 e. The molecule has 6 heteroatoms. The average molecular weight is 346 g/mol. The van der Waals surface area contributed by atoms with E-state index in [9.17, 15) is 9.59 Å². The molecule has 0 N–H and O–H groups in total. The van der Waals surface area contributed by atoms with Gasteiger partial charge in [-0.25, -0.2) is 0 Å². The summed E-state index contributed by atoms with van der Waals surface area (Å²) in [5, 5.41) is 0.596. The topological polar surface area (TPSA) is 55.8 Å². The predicted octanol–water partition coefficient (Wildman–Crippen LogP) is 3.20. The summed E-state index contributed by atoms with van der Waals surface area (Å²) < 4.78 is 10.6. The number of esters is 1. The standard InChI is InChI=1S/C18H16ClNO4/c19-14-5-3-4-13(10-14)11-24-18(22)8-9-20-15-6-1-2-7-16(15)23-12-17(20)21/h1-7,10H,8-9,11-12H2. The smallest absolute Gasteiger partial charge is 0.307 e. The van der Waals surface area contributed by atoms with Crippen LogP contribution in [0.1, 0.15) is 12.0 Å². The summed E-state index contributed by atoms with van der Waals surface area (Å²) in [5.41, 5.74) is 1.50. The molecule has 1 aliphatic heterocycles. The molecule has 0 radical (unpaired) electrons. The van der Waals surface area contributed by atoms with Gasteiger partial charge in [0.1, 0.15) is 12.4 Å². The minimum absolute atomic E-state index is 0.0193. The number of hydrogen-bond donors (Lipinski definition) is 0. The first-order valence-electron chi connectivity index (χ1n) is 7.56. The van der Waals surface area contributed by atoms with Gasteiger partial charge < -0.3 is 14.4 Å². The quantitative estimate of drug-likeness (QED) is 0.781. The van der Waals surface area contributed by atoms with Crippen LogP contribution in [0, 0.1) is 0 Å². The second-order valence-corrected chi connectivity index (χ2v) is 5.78. The Hall–Kier alpha value is -2.53. The molecule has 0 spiro atoms. The van der Waals surface area contributed by atoms with Crippen molar-refractivity contribution in [3.05, 3.63) is 59.1 Å². The van der Waals surface area contributed by atoms with Gasteiger partial charge in [-0.1, -0.05) is 35.9 Å². The maximum Gasteiger partial charge on any atom is 0.307 e. The summed E-state index contributed by atoms with van der Waals surface area (Å²) >= 11 is 5.89. The number of nitrogens with zero attached hydrogens (tertiary/aromatic N) is 1. The van der Waals surface area contributed by atoms with Crippen molar-refractivity contribution in [3.63, 3.8) is 0 Å². The Morgan fingerprint density at radius 1 is 1.21 bits per heavy atom. The van der Waals surface area contributed by atoms with Crippen LogP contribution < -0.4 is 9.64 Å². The van der Waals surface area contributed by atoms with Gasteiger partial charge in [-0.05, 0) is 29.8 Å². The van der Waals surface area contributed by atoms with Crippen LogP contribution in [0.3, 0.4) is 0 Å². The van der Waals surface area contributed by atoms with E-state index in [1.165, 1.54) is 0 Å². The predicted molar refractivity (Wildman–Crippen MR) is 90.2 cm³/mol. The van der Waals surface area contributed by atoms with E-state index in [0.717, 1.165) is 5.56 Å². The van der Waals surface area contributed by atoms with E-state index in [-0.39, 0.29) is 38.1 Å². The minimum atomic E-state index is -0.369. The number of halogens is 1. The largest absolute Gasteiger partial charge is 0.482 e. The van der Waals surface area contributed by atoms with Crippen molar-refractivity contribution in [2.24, 2.45) is 0 Å². The van der Waals surface area contributed by atoms with Crippen molar-refractivity contribution < 1.29 is 19.1 Å².